The van der Waals surface area contributed by atoms with Gasteiger partial charge >= 0.3 is 0 Å². The van der Waals surface area contributed by atoms with Crippen LogP contribution in [0.2, 0.25) is 0 Å². The summed E-state index contributed by atoms with van der Waals surface area (Å²) in [6, 6.07) is 13.8. The number of imidazole rings is 1. The van der Waals surface area contributed by atoms with Gasteiger partial charge in [0.1, 0.15) is 22.8 Å². The maximum Gasteiger partial charge on any atom is 0.159 e. The first-order chi connectivity index (χ1) is 17.0. The first-order valence-electron chi connectivity index (χ1n) is 10.9. The Kier molecular flexibility index (Phi) is 4.70. The van der Waals surface area contributed by atoms with Crippen molar-refractivity contribution in [3.05, 3.63) is 72.9 Å². The molecule has 6 rings (SSSR count). The molecule has 6 aromatic rings. The lowest BCUT2D eigenvalue weighted by molar-refractivity contribution is 0.469. The highest BCUT2D eigenvalue weighted by molar-refractivity contribution is 5.97. The van der Waals surface area contributed by atoms with Crippen LogP contribution in [0, 0.1) is 5.82 Å². The number of nitrogens with one attached hydrogen (secondary N) is 2. The van der Waals surface area contributed by atoms with E-state index in [-0.39, 0.29) is 5.75 Å². The number of phenols is 1. The summed E-state index contributed by atoms with van der Waals surface area (Å²) in [7, 11) is 3.96. The van der Waals surface area contributed by atoms with Gasteiger partial charge in [-0.1, -0.05) is 6.07 Å². The van der Waals surface area contributed by atoms with Crippen LogP contribution in [-0.2, 0) is 0 Å². The molecular formula is C26H20FN7O. The quantitative estimate of drug-likeness (QED) is 0.333. The van der Waals surface area contributed by atoms with Crippen molar-refractivity contribution < 1.29 is 9.50 Å². The van der Waals surface area contributed by atoms with Gasteiger partial charge in [0.25, 0.3) is 0 Å². The van der Waals surface area contributed by atoms with Crippen LogP contribution in [0.3, 0.4) is 0 Å². The molecule has 0 saturated heterocycles. The minimum atomic E-state index is -0.548. The molecule has 4 aromatic heterocycles. The standard InChI is InChI=1S/C26H20FN7O/c1-34(2)18-8-16(12-28-13-18)14-3-4-21-20(10-14)24(33-32-21)26-30-22-5-6-29-23(25(22)31-26)15-7-17(27)11-19(35)9-15/h3-13,35H,1-2H3,(H,30,31)(H,32,33). The summed E-state index contributed by atoms with van der Waals surface area (Å²) in [5.41, 5.74) is 6.72. The third-order valence-electron chi connectivity index (χ3n) is 5.92. The zero-order valence-electron chi connectivity index (χ0n) is 18.9. The molecule has 0 spiro atoms. The van der Waals surface area contributed by atoms with Crippen LogP contribution in [0.15, 0.2) is 67.1 Å². The van der Waals surface area contributed by atoms with E-state index in [1.165, 1.54) is 12.1 Å². The van der Waals surface area contributed by atoms with Crippen molar-refractivity contribution in [1.29, 1.82) is 0 Å². The number of aromatic nitrogens is 6. The number of halogens is 1. The number of benzene rings is 2. The summed E-state index contributed by atoms with van der Waals surface area (Å²) in [5.74, 6) is -0.167. The van der Waals surface area contributed by atoms with Gasteiger partial charge in [0.2, 0.25) is 0 Å². The summed E-state index contributed by atoms with van der Waals surface area (Å²) < 4.78 is 13.9. The van der Waals surface area contributed by atoms with E-state index in [1.54, 1.807) is 12.3 Å². The number of phenolic OH excluding ortho intramolecular Hbond substituents is 1. The van der Waals surface area contributed by atoms with E-state index in [0.717, 1.165) is 39.3 Å². The van der Waals surface area contributed by atoms with Gasteiger partial charge in [-0.25, -0.2) is 9.37 Å². The molecule has 0 bridgehead atoms. The molecule has 0 saturated carbocycles. The highest BCUT2D eigenvalue weighted by atomic mass is 19.1. The molecule has 2 aromatic carbocycles. The molecule has 35 heavy (non-hydrogen) atoms. The summed E-state index contributed by atoms with van der Waals surface area (Å²) >= 11 is 0. The fourth-order valence-electron chi connectivity index (χ4n) is 4.17. The molecule has 0 aliphatic carbocycles. The van der Waals surface area contributed by atoms with Gasteiger partial charge in [-0.05, 0) is 42.0 Å². The fraction of sp³-hybridized carbons (Fsp3) is 0.0769. The van der Waals surface area contributed by atoms with Gasteiger partial charge in [0, 0.05) is 49.1 Å². The van der Waals surface area contributed by atoms with Crippen LogP contribution in [0.25, 0.3) is 55.8 Å². The molecule has 0 radical (unpaired) electrons. The minimum Gasteiger partial charge on any atom is -0.508 e. The Balaban J connectivity index is 1.48. The Morgan fingerprint density at radius 3 is 2.60 bits per heavy atom. The van der Waals surface area contributed by atoms with Crippen LogP contribution < -0.4 is 4.90 Å². The predicted octanol–water partition coefficient (Wildman–Crippen LogP) is 5.14. The van der Waals surface area contributed by atoms with Gasteiger partial charge in [-0.3, -0.25) is 15.1 Å². The first kappa shape index (κ1) is 20.8. The maximum absolute atomic E-state index is 13.9. The van der Waals surface area contributed by atoms with E-state index >= 15 is 0 Å². The molecule has 172 valence electrons. The lowest BCUT2D eigenvalue weighted by atomic mass is 10.0. The number of hydrogen-bond acceptors (Lipinski definition) is 6. The molecule has 0 aliphatic rings. The Labute approximate surface area is 199 Å². The number of aromatic hydroxyl groups is 1. The predicted molar refractivity (Wildman–Crippen MR) is 134 cm³/mol. The number of hydrogen-bond donors (Lipinski definition) is 3. The third-order valence-corrected chi connectivity index (χ3v) is 5.92. The summed E-state index contributed by atoms with van der Waals surface area (Å²) in [5, 5.41) is 18.3. The van der Waals surface area contributed by atoms with E-state index in [4.69, 9.17) is 4.98 Å². The minimum absolute atomic E-state index is 0.173. The van der Waals surface area contributed by atoms with E-state index in [1.807, 2.05) is 43.5 Å². The van der Waals surface area contributed by atoms with Crippen molar-refractivity contribution >= 4 is 27.6 Å². The van der Waals surface area contributed by atoms with E-state index in [9.17, 15) is 9.50 Å². The van der Waals surface area contributed by atoms with Crippen molar-refractivity contribution in [2.75, 3.05) is 19.0 Å². The van der Waals surface area contributed by atoms with Gasteiger partial charge in [-0.15, -0.1) is 0 Å². The second-order valence-electron chi connectivity index (χ2n) is 8.50. The van der Waals surface area contributed by atoms with Crippen LogP contribution in [-0.4, -0.2) is 49.3 Å². The second-order valence-corrected chi connectivity index (χ2v) is 8.50. The topological polar surface area (TPSA) is 107 Å². The van der Waals surface area contributed by atoms with Crippen molar-refractivity contribution in [1.82, 2.24) is 30.1 Å². The maximum atomic E-state index is 13.9. The van der Waals surface area contributed by atoms with Crippen LogP contribution in [0.5, 0.6) is 5.75 Å². The smallest absolute Gasteiger partial charge is 0.159 e. The largest absolute Gasteiger partial charge is 0.508 e. The highest BCUT2D eigenvalue weighted by Gasteiger charge is 2.17. The third kappa shape index (κ3) is 3.63. The number of rotatable bonds is 4. The summed E-state index contributed by atoms with van der Waals surface area (Å²) in [6.07, 6.45) is 5.28. The van der Waals surface area contributed by atoms with E-state index < -0.39 is 5.82 Å². The Morgan fingerprint density at radius 2 is 1.77 bits per heavy atom. The average Bonchev–Trinajstić information content (AvgIpc) is 3.47. The van der Waals surface area contributed by atoms with Gasteiger partial charge in [0.05, 0.1) is 28.6 Å². The average molecular weight is 465 g/mol. The van der Waals surface area contributed by atoms with E-state index in [2.05, 4.69) is 37.3 Å². The lowest BCUT2D eigenvalue weighted by Crippen LogP contribution is -2.08. The number of nitrogens with zero attached hydrogens (tertiary/aromatic N) is 5. The Hall–Kier alpha value is -4.79. The number of fused-ring (bicyclic) bond motifs is 2. The molecule has 0 atom stereocenters. The monoisotopic (exact) mass is 465 g/mol. The fourth-order valence-corrected chi connectivity index (χ4v) is 4.17. The molecule has 0 fully saturated rings. The first-order valence-corrected chi connectivity index (χ1v) is 10.9. The number of anilines is 1. The zero-order chi connectivity index (χ0) is 24.1. The van der Waals surface area contributed by atoms with Crippen molar-refractivity contribution in [2.45, 2.75) is 0 Å². The normalized spacial score (nSPS) is 11.4. The number of pyridine rings is 2. The van der Waals surface area contributed by atoms with Crippen molar-refractivity contribution in [3.8, 4) is 39.7 Å². The molecule has 3 N–H and O–H groups in total. The molecule has 8 nitrogen and oxygen atoms in total. The van der Waals surface area contributed by atoms with Crippen LogP contribution >= 0.6 is 0 Å². The molecule has 0 aliphatic heterocycles. The second kappa shape index (κ2) is 7.91. The van der Waals surface area contributed by atoms with Gasteiger partial charge in [0.15, 0.2) is 5.82 Å². The SMILES string of the molecule is CN(C)c1cncc(-c2ccc3[nH]nc(-c4nc5c(-c6cc(O)cc(F)c6)nccc5[nH]4)c3c2)c1. The highest BCUT2D eigenvalue weighted by Crippen LogP contribution is 2.33. The summed E-state index contributed by atoms with van der Waals surface area (Å²) in [4.78, 5) is 18.8. The summed E-state index contributed by atoms with van der Waals surface area (Å²) in [6.45, 7) is 0. The van der Waals surface area contributed by atoms with Gasteiger partial charge < -0.3 is 15.0 Å². The number of aromatic amines is 2. The van der Waals surface area contributed by atoms with Crippen LogP contribution in [0.1, 0.15) is 0 Å². The van der Waals surface area contributed by atoms with Gasteiger partial charge in [-0.2, -0.15) is 5.10 Å². The van der Waals surface area contributed by atoms with Crippen molar-refractivity contribution in [2.24, 2.45) is 0 Å². The number of H-pyrrole nitrogens is 2. The Bertz CT molecular complexity index is 1700. The molecule has 4 heterocycles. The molecule has 9 heteroatoms. The lowest BCUT2D eigenvalue weighted by Gasteiger charge is -2.13. The Morgan fingerprint density at radius 1 is 0.886 bits per heavy atom. The molecule has 0 amide bonds. The van der Waals surface area contributed by atoms with Crippen molar-refractivity contribution in [3.63, 3.8) is 0 Å². The molecule has 0 unspecified atom stereocenters. The van der Waals surface area contributed by atoms with Crippen LogP contribution in [0.4, 0.5) is 10.1 Å². The zero-order valence-corrected chi connectivity index (χ0v) is 18.9. The molecular weight excluding hydrogens is 445 g/mol. The van der Waals surface area contributed by atoms with E-state index in [0.29, 0.717) is 28.3 Å².